The third-order valence-corrected chi connectivity index (χ3v) is 2.11. The van der Waals surface area contributed by atoms with Crippen molar-refractivity contribution in [3.05, 3.63) is 35.4 Å². The summed E-state index contributed by atoms with van der Waals surface area (Å²) in [5.41, 5.74) is -0.172. The molecular weight excluding hydrogens is 230 g/mol. The number of Topliss-reactive ketones (excluding diaryl/α,β-unsaturated/α-hetero) is 1. The van der Waals surface area contributed by atoms with Gasteiger partial charge in [0, 0.05) is 18.1 Å². The van der Waals surface area contributed by atoms with Crippen LogP contribution in [0.4, 0.5) is 8.78 Å². The minimum absolute atomic E-state index is 0.0384. The van der Waals surface area contributed by atoms with E-state index in [0.29, 0.717) is 0 Å². The van der Waals surface area contributed by atoms with Crippen LogP contribution in [0.15, 0.2) is 24.3 Å². The van der Waals surface area contributed by atoms with Gasteiger partial charge >= 0.3 is 5.97 Å². The summed E-state index contributed by atoms with van der Waals surface area (Å²) in [5.74, 6) is -4.78. The van der Waals surface area contributed by atoms with Gasteiger partial charge in [-0.2, -0.15) is 0 Å². The number of halogens is 2. The Hall–Kier alpha value is -1.78. The fraction of sp³-hybridized carbons (Fsp3) is 0.333. The highest BCUT2D eigenvalue weighted by Crippen LogP contribution is 2.26. The first-order chi connectivity index (χ1) is 7.86. The second kappa shape index (κ2) is 5.03. The van der Waals surface area contributed by atoms with Crippen LogP contribution in [0.3, 0.4) is 0 Å². The van der Waals surface area contributed by atoms with Gasteiger partial charge in [-0.1, -0.05) is 24.3 Å². The van der Waals surface area contributed by atoms with Gasteiger partial charge < -0.3 is 4.74 Å². The molecule has 1 aromatic rings. The van der Waals surface area contributed by atoms with Crippen molar-refractivity contribution >= 4 is 11.8 Å². The van der Waals surface area contributed by atoms with Crippen molar-refractivity contribution in [2.75, 3.05) is 6.61 Å². The summed E-state index contributed by atoms with van der Waals surface area (Å²) >= 11 is 0. The Bertz CT molecular complexity index is 418. The molecule has 0 bridgehead atoms. The van der Waals surface area contributed by atoms with Crippen LogP contribution in [0.25, 0.3) is 0 Å². The minimum atomic E-state index is -2.97. The first kappa shape index (κ1) is 13.3. The first-order valence-corrected chi connectivity index (χ1v) is 5.06. The van der Waals surface area contributed by atoms with E-state index in [1.54, 1.807) is 6.92 Å². The predicted octanol–water partition coefficient (Wildman–Crippen LogP) is 2.54. The number of hydrogen-bond donors (Lipinski definition) is 0. The molecule has 0 fully saturated rings. The van der Waals surface area contributed by atoms with Gasteiger partial charge in [-0.25, -0.2) is 13.6 Å². The SMILES string of the molecule is CCOC(=O)C(=O)c1ccc(C(C)(F)F)cc1. The summed E-state index contributed by atoms with van der Waals surface area (Å²) in [5, 5.41) is 0. The fourth-order valence-corrected chi connectivity index (χ4v) is 1.23. The van der Waals surface area contributed by atoms with Crippen molar-refractivity contribution in [2.45, 2.75) is 19.8 Å². The molecule has 17 heavy (non-hydrogen) atoms. The average molecular weight is 242 g/mol. The Balaban J connectivity index is 2.88. The van der Waals surface area contributed by atoms with Crippen LogP contribution in [-0.2, 0) is 15.5 Å². The third-order valence-electron chi connectivity index (χ3n) is 2.11. The topological polar surface area (TPSA) is 43.4 Å². The zero-order chi connectivity index (χ0) is 13.1. The van der Waals surface area contributed by atoms with Gasteiger partial charge in [0.15, 0.2) is 0 Å². The molecule has 0 unspecified atom stereocenters. The van der Waals surface area contributed by atoms with E-state index >= 15 is 0 Å². The van der Waals surface area contributed by atoms with Crippen molar-refractivity contribution in [2.24, 2.45) is 0 Å². The molecule has 0 aromatic heterocycles. The molecule has 0 heterocycles. The molecule has 0 radical (unpaired) electrons. The molecule has 0 atom stereocenters. The van der Waals surface area contributed by atoms with Crippen LogP contribution < -0.4 is 0 Å². The van der Waals surface area contributed by atoms with Gasteiger partial charge in [-0.15, -0.1) is 0 Å². The van der Waals surface area contributed by atoms with Crippen molar-refractivity contribution in [3.8, 4) is 0 Å². The second-order valence-corrected chi connectivity index (χ2v) is 3.52. The third kappa shape index (κ3) is 3.34. The Labute approximate surface area is 97.4 Å². The van der Waals surface area contributed by atoms with Crippen LogP contribution in [-0.4, -0.2) is 18.4 Å². The van der Waals surface area contributed by atoms with E-state index in [1.807, 2.05) is 0 Å². The highest BCUT2D eigenvalue weighted by Gasteiger charge is 2.25. The summed E-state index contributed by atoms with van der Waals surface area (Å²) in [7, 11) is 0. The van der Waals surface area contributed by atoms with E-state index in [1.165, 1.54) is 12.1 Å². The number of rotatable bonds is 4. The van der Waals surface area contributed by atoms with E-state index in [-0.39, 0.29) is 17.7 Å². The van der Waals surface area contributed by atoms with Crippen LogP contribution in [0.5, 0.6) is 0 Å². The molecule has 5 heteroatoms. The lowest BCUT2D eigenvalue weighted by Gasteiger charge is -2.10. The lowest BCUT2D eigenvalue weighted by Crippen LogP contribution is -2.17. The molecule has 1 rings (SSSR count). The quantitative estimate of drug-likeness (QED) is 0.463. The maximum absolute atomic E-state index is 12.9. The highest BCUT2D eigenvalue weighted by atomic mass is 19.3. The standard InChI is InChI=1S/C12H12F2O3/c1-3-17-11(16)10(15)8-4-6-9(7-5-8)12(2,13)14/h4-7H,3H2,1-2H3. The van der Waals surface area contributed by atoms with E-state index in [4.69, 9.17) is 0 Å². The van der Waals surface area contributed by atoms with Crippen molar-refractivity contribution in [3.63, 3.8) is 0 Å². The maximum Gasteiger partial charge on any atom is 0.379 e. The molecule has 0 aliphatic carbocycles. The van der Waals surface area contributed by atoms with Crippen molar-refractivity contribution < 1.29 is 23.1 Å². The summed E-state index contributed by atoms with van der Waals surface area (Å²) in [6, 6.07) is 4.61. The number of alkyl halides is 2. The Morgan fingerprint density at radius 3 is 2.18 bits per heavy atom. The second-order valence-electron chi connectivity index (χ2n) is 3.52. The van der Waals surface area contributed by atoms with E-state index in [2.05, 4.69) is 4.74 Å². The van der Waals surface area contributed by atoms with Gasteiger partial charge in [0.1, 0.15) is 0 Å². The van der Waals surface area contributed by atoms with Crippen molar-refractivity contribution in [1.29, 1.82) is 0 Å². The highest BCUT2D eigenvalue weighted by molar-refractivity contribution is 6.40. The first-order valence-electron chi connectivity index (χ1n) is 5.06. The molecule has 92 valence electrons. The smallest absolute Gasteiger partial charge is 0.379 e. The molecular formula is C12H12F2O3. The van der Waals surface area contributed by atoms with E-state index < -0.39 is 17.7 Å². The molecule has 0 aliphatic heterocycles. The number of hydrogen-bond acceptors (Lipinski definition) is 3. The Morgan fingerprint density at radius 1 is 1.24 bits per heavy atom. The molecule has 0 spiro atoms. The van der Waals surface area contributed by atoms with Gasteiger partial charge in [0.05, 0.1) is 6.61 Å². The van der Waals surface area contributed by atoms with Gasteiger partial charge in [-0.3, -0.25) is 4.79 Å². The largest absolute Gasteiger partial charge is 0.460 e. The summed E-state index contributed by atoms with van der Waals surface area (Å²) in [6.07, 6.45) is 0. The van der Waals surface area contributed by atoms with E-state index in [0.717, 1.165) is 19.1 Å². The van der Waals surface area contributed by atoms with Crippen LogP contribution in [0.1, 0.15) is 29.8 Å². The van der Waals surface area contributed by atoms with Gasteiger partial charge in [0.2, 0.25) is 0 Å². The normalized spacial score (nSPS) is 11.1. The lowest BCUT2D eigenvalue weighted by molar-refractivity contribution is -0.137. The molecule has 0 amide bonds. The van der Waals surface area contributed by atoms with Crippen LogP contribution in [0.2, 0.25) is 0 Å². The molecule has 3 nitrogen and oxygen atoms in total. The average Bonchev–Trinajstić information content (AvgIpc) is 2.27. The van der Waals surface area contributed by atoms with Gasteiger partial charge in [-0.05, 0) is 6.92 Å². The summed E-state index contributed by atoms with van der Waals surface area (Å²) in [4.78, 5) is 22.5. The van der Waals surface area contributed by atoms with Crippen LogP contribution in [0, 0.1) is 0 Å². The molecule has 0 N–H and O–H groups in total. The number of ketones is 1. The number of carbonyl (C=O) groups is 2. The molecule has 0 aliphatic rings. The molecule has 0 saturated carbocycles. The number of benzene rings is 1. The van der Waals surface area contributed by atoms with Crippen molar-refractivity contribution in [1.82, 2.24) is 0 Å². The zero-order valence-electron chi connectivity index (χ0n) is 9.50. The Morgan fingerprint density at radius 2 is 1.76 bits per heavy atom. The molecule has 0 saturated heterocycles. The van der Waals surface area contributed by atoms with Gasteiger partial charge in [0.25, 0.3) is 11.7 Å². The number of esters is 1. The fourth-order valence-electron chi connectivity index (χ4n) is 1.23. The maximum atomic E-state index is 12.9. The summed E-state index contributed by atoms with van der Waals surface area (Å²) < 4.78 is 30.3. The monoisotopic (exact) mass is 242 g/mol. The number of carbonyl (C=O) groups excluding carboxylic acids is 2. The Kier molecular flexibility index (Phi) is 3.93. The minimum Gasteiger partial charge on any atom is -0.460 e. The zero-order valence-corrected chi connectivity index (χ0v) is 9.50. The predicted molar refractivity (Wildman–Crippen MR) is 57.0 cm³/mol. The lowest BCUT2D eigenvalue weighted by atomic mass is 10.1. The summed E-state index contributed by atoms with van der Waals surface area (Å²) in [6.45, 7) is 2.43. The molecule has 1 aromatic carbocycles. The van der Waals surface area contributed by atoms with Crippen LogP contribution >= 0.6 is 0 Å². The number of ether oxygens (including phenoxy) is 1. The van der Waals surface area contributed by atoms with E-state index in [9.17, 15) is 18.4 Å².